The number of rotatable bonds is 8. The monoisotopic (exact) mass is 283 g/mol. The molecule has 1 aliphatic carbocycles. The van der Waals surface area contributed by atoms with Crippen LogP contribution in [0.15, 0.2) is 0 Å². The third kappa shape index (κ3) is 5.04. The van der Waals surface area contributed by atoms with Gasteiger partial charge in [0.2, 0.25) is 5.91 Å². The molecular formula is C15H29N3O2. The zero-order valence-electron chi connectivity index (χ0n) is 12.9. The summed E-state index contributed by atoms with van der Waals surface area (Å²) >= 11 is 0. The molecule has 0 radical (unpaired) electrons. The van der Waals surface area contributed by atoms with Gasteiger partial charge in [-0.05, 0) is 51.6 Å². The SMILES string of the molecule is COCCNCC1CCCN(C(C)C(=O)NC2CC2)C1. The van der Waals surface area contributed by atoms with Crippen LogP contribution in [0.2, 0.25) is 0 Å². The molecule has 0 bridgehead atoms. The van der Waals surface area contributed by atoms with Crippen molar-refractivity contribution in [3.63, 3.8) is 0 Å². The lowest BCUT2D eigenvalue weighted by atomic mass is 9.96. The minimum absolute atomic E-state index is 0.0115. The normalized spacial score (nSPS) is 25.4. The summed E-state index contributed by atoms with van der Waals surface area (Å²) in [6.07, 6.45) is 4.76. The Labute approximate surface area is 122 Å². The summed E-state index contributed by atoms with van der Waals surface area (Å²) in [5.41, 5.74) is 0. The summed E-state index contributed by atoms with van der Waals surface area (Å²) in [6.45, 7) is 6.81. The summed E-state index contributed by atoms with van der Waals surface area (Å²) in [7, 11) is 1.73. The Bertz CT molecular complexity index is 307. The minimum atomic E-state index is 0.0115. The van der Waals surface area contributed by atoms with Gasteiger partial charge in [-0.2, -0.15) is 0 Å². The van der Waals surface area contributed by atoms with Gasteiger partial charge in [-0.15, -0.1) is 0 Å². The molecule has 2 rings (SSSR count). The van der Waals surface area contributed by atoms with E-state index in [0.29, 0.717) is 12.0 Å². The van der Waals surface area contributed by atoms with Crippen LogP contribution in [-0.4, -0.2) is 62.8 Å². The molecule has 116 valence electrons. The van der Waals surface area contributed by atoms with Crippen molar-refractivity contribution in [1.29, 1.82) is 0 Å². The summed E-state index contributed by atoms with van der Waals surface area (Å²) < 4.78 is 5.04. The molecule has 0 aromatic heterocycles. The van der Waals surface area contributed by atoms with Crippen molar-refractivity contribution < 1.29 is 9.53 Å². The van der Waals surface area contributed by atoms with Crippen LogP contribution >= 0.6 is 0 Å². The van der Waals surface area contributed by atoms with E-state index in [9.17, 15) is 4.79 Å². The Morgan fingerprint density at radius 1 is 1.40 bits per heavy atom. The molecule has 2 N–H and O–H groups in total. The third-order valence-electron chi connectivity index (χ3n) is 4.32. The number of amides is 1. The topological polar surface area (TPSA) is 53.6 Å². The van der Waals surface area contributed by atoms with E-state index < -0.39 is 0 Å². The maximum atomic E-state index is 12.1. The smallest absolute Gasteiger partial charge is 0.237 e. The average molecular weight is 283 g/mol. The number of piperidine rings is 1. The van der Waals surface area contributed by atoms with Gasteiger partial charge >= 0.3 is 0 Å². The number of carbonyl (C=O) groups is 1. The van der Waals surface area contributed by atoms with Crippen LogP contribution in [0.4, 0.5) is 0 Å². The second-order valence-corrected chi connectivity index (χ2v) is 6.16. The first-order chi connectivity index (χ1) is 9.70. The Kier molecular flexibility index (Phi) is 6.26. The van der Waals surface area contributed by atoms with Crippen molar-refractivity contribution in [2.24, 2.45) is 5.92 Å². The number of nitrogens with one attached hydrogen (secondary N) is 2. The number of hydrogen-bond acceptors (Lipinski definition) is 4. The van der Waals surface area contributed by atoms with E-state index in [1.54, 1.807) is 7.11 Å². The molecule has 2 unspecified atom stereocenters. The van der Waals surface area contributed by atoms with E-state index in [-0.39, 0.29) is 11.9 Å². The maximum Gasteiger partial charge on any atom is 0.237 e. The van der Waals surface area contributed by atoms with Crippen molar-refractivity contribution in [2.75, 3.05) is 39.9 Å². The van der Waals surface area contributed by atoms with Crippen LogP contribution in [0.3, 0.4) is 0 Å². The van der Waals surface area contributed by atoms with Crippen LogP contribution in [0.25, 0.3) is 0 Å². The summed E-state index contributed by atoms with van der Waals surface area (Å²) in [5, 5.41) is 6.55. The highest BCUT2D eigenvalue weighted by molar-refractivity contribution is 5.81. The third-order valence-corrected chi connectivity index (χ3v) is 4.32. The highest BCUT2D eigenvalue weighted by Gasteiger charge is 2.30. The van der Waals surface area contributed by atoms with E-state index in [0.717, 1.165) is 45.6 Å². The Hall–Kier alpha value is -0.650. The molecule has 2 aliphatic rings. The largest absolute Gasteiger partial charge is 0.383 e. The van der Waals surface area contributed by atoms with Crippen molar-refractivity contribution in [3.05, 3.63) is 0 Å². The standard InChI is InChI=1S/C15H29N3O2/c1-12(15(19)17-14-5-6-14)18-8-3-4-13(11-18)10-16-7-9-20-2/h12-14,16H,3-11H2,1-2H3,(H,17,19). The number of methoxy groups -OCH3 is 1. The van der Waals surface area contributed by atoms with Crippen molar-refractivity contribution in [1.82, 2.24) is 15.5 Å². The molecule has 2 atom stereocenters. The molecule has 20 heavy (non-hydrogen) atoms. The summed E-state index contributed by atoms with van der Waals surface area (Å²) in [6, 6.07) is 0.471. The molecule has 5 heteroatoms. The quantitative estimate of drug-likeness (QED) is 0.641. The summed E-state index contributed by atoms with van der Waals surface area (Å²) in [4.78, 5) is 14.5. The fraction of sp³-hybridized carbons (Fsp3) is 0.933. The lowest BCUT2D eigenvalue weighted by Gasteiger charge is -2.36. The lowest BCUT2D eigenvalue weighted by Crippen LogP contribution is -2.50. The van der Waals surface area contributed by atoms with Crippen LogP contribution in [0.1, 0.15) is 32.6 Å². The summed E-state index contributed by atoms with van der Waals surface area (Å²) in [5.74, 6) is 0.859. The van der Waals surface area contributed by atoms with E-state index >= 15 is 0 Å². The van der Waals surface area contributed by atoms with Crippen LogP contribution in [-0.2, 0) is 9.53 Å². The van der Waals surface area contributed by atoms with Gasteiger partial charge in [-0.3, -0.25) is 9.69 Å². The number of carbonyl (C=O) groups excluding carboxylic acids is 1. The highest BCUT2D eigenvalue weighted by atomic mass is 16.5. The first-order valence-electron chi connectivity index (χ1n) is 7.94. The van der Waals surface area contributed by atoms with Crippen LogP contribution < -0.4 is 10.6 Å². The van der Waals surface area contributed by atoms with E-state index in [2.05, 4.69) is 15.5 Å². The molecule has 5 nitrogen and oxygen atoms in total. The van der Waals surface area contributed by atoms with E-state index in [1.807, 2.05) is 6.92 Å². The van der Waals surface area contributed by atoms with Gasteiger partial charge in [0, 0.05) is 26.2 Å². The predicted octanol–water partition coefficient (Wildman–Crippen LogP) is 0.602. The zero-order chi connectivity index (χ0) is 14.4. The number of ether oxygens (including phenoxy) is 1. The maximum absolute atomic E-state index is 12.1. The van der Waals surface area contributed by atoms with Gasteiger partial charge in [0.05, 0.1) is 12.6 Å². The molecule has 2 fully saturated rings. The molecule has 1 amide bonds. The molecule has 0 aromatic carbocycles. The van der Waals surface area contributed by atoms with Crippen molar-refractivity contribution >= 4 is 5.91 Å². The fourth-order valence-corrected chi connectivity index (χ4v) is 2.81. The molecule has 1 saturated carbocycles. The molecule has 0 spiro atoms. The van der Waals surface area contributed by atoms with Gasteiger partial charge in [0.15, 0.2) is 0 Å². The Balaban J connectivity index is 1.69. The lowest BCUT2D eigenvalue weighted by molar-refractivity contribution is -0.126. The molecule has 1 saturated heterocycles. The van der Waals surface area contributed by atoms with E-state index in [4.69, 9.17) is 4.74 Å². The number of nitrogens with zero attached hydrogens (tertiary/aromatic N) is 1. The van der Waals surface area contributed by atoms with Gasteiger partial charge < -0.3 is 15.4 Å². The van der Waals surface area contributed by atoms with Gasteiger partial charge in [-0.25, -0.2) is 0 Å². The molecule has 1 aliphatic heterocycles. The van der Waals surface area contributed by atoms with E-state index in [1.165, 1.54) is 12.8 Å². The van der Waals surface area contributed by atoms with Crippen LogP contribution in [0.5, 0.6) is 0 Å². The first kappa shape index (κ1) is 15.7. The number of hydrogen-bond donors (Lipinski definition) is 2. The zero-order valence-corrected chi connectivity index (χ0v) is 12.9. The number of likely N-dealkylation sites (tertiary alicyclic amines) is 1. The highest BCUT2D eigenvalue weighted by Crippen LogP contribution is 2.21. The average Bonchev–Trinajstić information content (AvgIpc) is 3.27. The van der Waals surface area contributed by atoms with Gasteiger partial charge in [0.1, 0.15) is 0 Å². The molecular weight excluding hydrogens is 254 g/mol. The van der Waals surface area contributed by atoms with Crippen LogP contribution in [0, 0.1) is 5.92 Å². The second-order valence-electron chi connectivity index (χ2n) is 6.16. The first-order valence-corrected chi connectivity index (χ1v) is 7.94. The second kappa shape index (κ2) is 7.96. The van der Waals surface area contributed by atoms with Crippen molar-refractivity contribution in [3.8, 4) is 0 Å². The molecule has 0 aromatic rings. The predicted molar refractivity (Wildman–Crippen MR) is 79.7 cm³/mol. The minimum Gasteiger partial charge on any atom is -0.383 e. The van der Waals surface area contributed by atoms with Crippen molar-refractivity contribution in [2.45, 2.75) is 44.7 Å². The Morgan fingerprint density at radius 2 is 2.20 bits per heavy atom. The fourth-order valence-electron chi connectivity index (χ4n) is 2.81. The Morgan fingerprint density at radius 3 is 2.90 bits per heavy atom. The molecule has 1 heterocycles. The van der Waals surface area contributed by atoms with Gasteiger partial charge in [0.25, 0.3) is 0 Å². The van der Waals surface area contributed by atoms with Gasteiger partial charge in [-0.1, -0.05) is 0 Å².